The first-order chi connectivity index (χ1) is 15.8. The van der Waals surface area contributed by atoms with Crippen molar-refractivity contribution in [1.82, 2.24) is 9.71 Å². The highest BCUT2D eigenvalue weighted by Gasteiger charge is 2.27. The molecule has 0 bridgehead atoms. The molecule has 32 heavy (non-hydrogen) atoms. The van der Waals surface area contributed by atoms with Crippen molar-refractivity contribution in [2.45, 2.75) is 6.04 Å². The lowest BCUT2D eigenvalue weighted by atomic mass is 9.93. The van der Waals surface area contributed by atoms with Gasteiger partial charge in [-0.1, -0.05) is 66.7 Å². The van der Waals surface area contributed by atoms with Crippen LogP contribution in [0.5, 0.6) is 5.75 Å². The van der Waals surface area contributed by atoms with Gasteiger partial charge in [-0.15, -0.1) is 0 Å². The average Bonchev–Trinajstić information content (AvgIpc) is 3.16. The van der Waals surface area contributed by atoms with Crippen LogP contribution in [0, 0.1) is 0 Å². The zero-order chi connectivity index (χ0) is 21.9. The first-order valence-electron chi connectivity index (χ1n) is 10.5. The molecule has 2 heterocycles. The van der Waals surface area contributed by atoms with Crippen LogP contribution in [0.25, 0.3) is 22.2 Å². The number of pyridine rings is 1. The van der Waals surface area contributed by atoms with Crippen molar-refractivity contribution in [2.24, 2.45) is 0 Å². The Morgan fingerprint density at radius 2 is 1.66 bits per heavy atom. The first kappa shape index (κ1) is 19.7. The number of benzene rings is 3. The van der Waals surface area contributed by atoms with Gasteiger partial charge < -0.3 is 15.3 Å². The maximum absolute atomic E-state index is 11.2. The van der Waals surface area contributed by atoms with E-state index in [1.165, 1.54) is 4.73 Å². The predicted molar refractivity (Wildman–Crippen MR) is 127 cm³/mol. The average molecular weight is 422 g/mol. The Hall–Kier alpha value is -4.25. The van der Waals surface area contributed by atoms with Gasteiger partial charge >= 0.3 is 0 Å². The molecule has 0 aliphatic heterocycles. The van der Waals surface area contributed by atoms with Crippen LogP contribution in [-0.2, 0) is 0 Å². The molecule has 5 rings (SSSR count). The monoisotopic (exact) mass is 421 g/mol. The van der Waals surface area contributed by atoms with Gasteiger partial charge in [-0.2, -0.15) is 4.73 Å². The lowest BCUT2D eigenvalue weighted by molar-refractivity contribution is 0.204. The molecule has 2 N–H and O–H groups in total. The van der Waals surface area contributed by atoms with Crippen molar-refractivity contribution >= 4 is 16.7 Å². The van der Waals surface area contributed by atoms with E-state index in [4.69, 9.17) is 4.74 Å². The first-order valence-corrected chi connectivity index (χ1v) is 10.5. The lowest BCUT2D eigenvalue weighted by Crippen LogP contribution is -2.14. The van der Waals surface area contributed by atoms with Crippen molar-refractivity contribution in [1.29, 1.82) is 0 Å². The van der Waals surface area contributed by atoms with Gasteiger partial charge in [0, 0.05) is 22.7 Å². The number of aromatic nitrogens is 2. The number of anilines is 1. The quantitative estimate of drug-likeness (QED) is 0.323. The van der Waals surface area contributed by atoms with Crippen molar-refractivity contribution < 1.29 is 9.94 Å². The van der Waals surface area contributed by atoms with E-state index in [1.54, 1.807) is 13.3 Å². The molecule has 2 aromatic heterocycles. The van der Waals surface area contributed by atoms with Crippen LogP contribution in [0.2, 0.25) is 0 Å². The van der Waals surface area contributed by atoms with Crippen LogP contribution in [0.15, 0.2) is 103 Å². The summed E-state index contributed by atoms with van der Waals surface area (Å²) in [6.45, 7) is 0. The van der Waals surface area contributed by atoms with Crippen LogP contribution in [0.3, 0.4) is 0 Å². The summed E-state index contributed by atoms with van der Waals surface area (Å²) < 4.78 is 6.79. The van der Waals surface area contributed by atoms with Gasteiger partial charge in [0.1, 0.15) is 11.6 Å². The third-order valence-electron chi connectivity index (χ3n) is 5.61. The zero-order valence-corrected chi connectivity index (χ0v) is 17.6. The summed E-state index contributed by atoms with van der Waals surface area (Å²) in [5, 5.41) is 15.8. The molecule has 3 aromatic carbocycles. The minimum atomic E-state index is -0.284. The fourth-order valence-electron chi connectivity index (χ4n) is 4.15. The molecule has 0 amide bonds. The molecule has 0 aliphatic rings. The Bertz CT molecular complexity index is 1350. The Labute approximate surface area is 186 Å². The Morgan fingerprint density at radius 3 is 2.44 bits per heavy atom. The number of rotatable bonds is 6. The molecular weight excluding hydrogens is 398 g/mol. The SMILES string of the molecule is COc1cccc([C@H](Nc2ccccn2)c2c(-c3ccccc3)n(O)c3ccccc23)c1. The largest absolute Gasteiger partial charge is 0.497 e. The van der Waals surface area contributed by atoms with Crippen LogP contribution in [0.1, 0.15) is 17.2 Å². The third-order valence-corrected chi connectivity index (χ3v) is 5.61. The number of para-hydroxylation sites is 1. The van der Waals surface area contributed by atoms with Crippen LogP contribution < -0.4 is 10.1 Å². The smallest absolute Gasteiger partial charge is 0.126 e. The molecule has 0 spiro atoms. The minimum absolute atomic E-state index is 0.284. The molecule has 158 valence electrons. The van der Waals surface area contributed by atoms with Crippen LogP contribution in [0.4, 0.5) is 5.82 Å². The van der Waals surface area contributed by atoms with E-state index in [-0.39, 0.29) is 6.04 Å². The summed E-state index contributed by atoms with van der Waals surface area (Å²) in [7, 11) is 1.66. The maximum Gasteiger partial charge on any atom is 0.126 e. The minimum Gasteiger partial charge on any atom is -0.497 e. The van der Waals surface area contributed by atoms with Gasteiger partial charge in [0.25, 0.3) is 0 Å². The number of ether oxygens (including phenoxy) is 1. The fraction of sp³-hybridized carbons (Fsp3) is 0.0741. The molecule has 5 nitrogen and oxygen atoms in total. The van der Waals surface area contributed by atoms with E-state index in [9.17, 15) is 5.21 Å². The summed E-state index contributed by atoms with van der Waals surface area (Å²) >= 11 is 0. The number of nitrogens with zero attached hydrogens (tertiary/aromatic N) is 2. The standard InChI is InChI=1S/C27H23N3O2/c1-32-21-13-9-12-20(18-21)26(29-24-16-7-8-17-28-24)25-22-14-5-6-15-23(22)30(31)27(25)19-10-3-2-4-11-19/h2-18,26,31H,1H3,(H,28,29)/t26-/m0/s1. The van der Waals surface area contributed by atoms with E-state index in [0.29, 0.717) is 0 Å². The lowest BCUT2D eigenvalue weighted by Gasteiger charge is -2.22. The third kappa shape index (κ3) is 3.54. The zero-order valence-electron chi connectivity index (χ0n) is 17.6. The van der Waals surface area contributed by atoms with Crippen molar-refractivity contribution in [2.75, 3.05) is 12.4 Å². The summed E-state index contributed by atoms with van der Waals surface area (Å²) in [4.78, 5) is 4.49. The maximum atomic E-state index is 11.2. The molecule has 0 fully saturated rings. The molecular formula is C27H23N3O2. The summed E-state index contributed by atoms with van der Waals surface area (Å²) in [5.74, 6) is 1.51. The van der Waals surface area contributed by atoms with Gasteiger partial charge in [-0.05, 0) is 35.9 Å². The number of methoxy groups -OCH3 is 1. The Kier molecular flexibility index (Phi) is 5.22. The molecule has 0 unspecified atom stereocenters. The molecule has 0 saturated heterocycles. The number of hydrogen-bond donors (Lipinski definition) is 2. The predicted octanol–water partition coefficient (Wildman–Crippen LogP) is 6.15. The molecule has 5 heteroatoms. The molecule has 0 radical (unpaired) electrons. The van der Waals surface area contributed by atoms with Gasteiger partial charge in [-0.25, -0.2) is 4.98 Å². The Balaban J connectivity index is 1.80. The van der Waals surface area contributed by atoms with E-state index >= 15 is 0 Å². The molecule has 1 atom stereocenters. The number of hydrogen-bond acceptors (Lipinski definition) is 4. The van der Waals surface area contributed by atoms with Crippen molar-refractivity contribution in [3.05, 3.63) is 114 Å². The van der Waals surface area contributed by atoms with E-state index in [1.807, 2.05) is 91.0 Å². The van der Waals surface area contributed by atoms with Crippen LogP contribution >= 0.6 is 0 Å². The second kappa shape index (κ2) is 8.47. The van der Waals surface area contributed by atoms with Crippen molar-refractivity contribution in [3.63, 3.8) is 0 Å². The van der Waals surface area contributed by atoms with Crippen LogP contribution in [-0.4, -0.2) is 22.0 Å². The Morgan fingerprint density at radius 1 is 0.875 bits per heavy atom. The molecule has 0 aliphatic carbocycles. The molecule has 5 aromatic rings. The topological polar surface area (TPSA) is 59.3 Å². The second-order valence-corrected chi connectivity index (χ2v) is 7.53. The number of nitrogens with one attached hydrogen (secondary N) is 1. The highest BCUT2D eigenvalue weighted by Crippen LogP contribution is 2.41. The number of fused-ring (bicyclic) bond motifs is 1. The fourth-order valence-corrected chi connectivity index (χ4v) is 4.15. The van der Waals surface area contributed by atoms with Gasteiger partial charge in [0.05, 0.1) is 24.4 Å². The summed E-state index contributed by atoms with van der Waals surface area (Å²) in [6.07, 6.45) is 1.76. The highest BCUT2D eigenvalue weighted by molar-refractivity contribution is 5.93. The normalized spacial score (nSPS) is 11.9. The van der Waals surface area contributed by atoms with Gasteiger partial charge in [-0.3, -0.25) is 0 Å². The second-order valence-electron chi connectivity index (χ2n) is 7.53. The summed E-state index contributed by atoms with van der Waals surface area (Å²) in [5.41, 5.74) is 4.38. The van der Waals surface area contributed by atoms with E-state index in [2.05, 4.69) is 16.4 Å². The molecule has 0 saturated carbocycles. The summed E-state index contributed by atoms with van der Waals surface area (Å²) in [6, 6.07) is 31.3. The van der Waals surface area contributed by atoms with Gasteiger partial charge in [0.15, 0.2) is 0 Å². The van der Waals surface area contributed by atoms with E-state index in [0.717, 1.165) is 44.9 Å². The van der Waals surface area contributed by atoms with E-state index < -0.39 is 0 Å². The van der Waals surface area contributed by atoms with Crippen molar-refractivity contribution in [3.8, 4) is 17.0 Å². The van der Waals surface area contributed by atoms with Gasteiger partial charge in [0.2, 0.25) is 0 Å². The highest BCUT2D eigenvalue weighted by atomic mass is 16.5.